The Bertz CT molecular complexity index is 438. The lowest BCUT2D eigenvalue weighted by molar-refractivity contribution is -0.114. The van der Waals surface area contributed by atoms with E-state index in [1.165, 1.54) is 29.7 Å². The van der Waals surface area contributed by atoms with Crippen LogP contribution in [0, 0.1) is 0 Å². The van der Waals surface area contributed by atoms with Gasteiger partial charge in [-0.05, 0) is 48.9 Å². The predicted octanol–water partition coefficient (Wildman–Crippen LogP) is 2.59. The summed E-state index contributed by atoms with van der Waals surface area (Å²) in [6, 6.07) is 4.14. The zero-order valence-electron chi connectivity index (χ0n) is 10.8. The zero-order valence-corrected chi connectivity index (χ0v) is 10.8. The SMILES string of the molecule is CC(=O)Nc1ccc(N(C)C)c2c1CCCC2. The van der Waals surface area contributed by atoms with E-state index in [1.54, 1.807) is 6.92 Å². The molecule has 0 saturated carbocycles. The minimum Gasteiger partial charge on any atom is -0.377 e. The Morgan fingerprint density at radius 1 is 1.18 bits per heavy atom. The lowest BCUT2D eigenvalue weighted by Gasteiger charge is -2.26. The number of nitrogens with zero attached hydrogens (tertiary/aromatic N) is 1. The van der Waals surface area contributed by atoms with E-state index in [4.69, 9.17) is 0 Å². The third-order valence-corrected chi connectivity index (χ3v) is 3.30. The Kier molecular flexibility index (Phi) is 3.36. The molecular weight excluding hydrogens is 212 g/mol. The van der Waals surface area contributed by atoms with Crippen LogP contribution in [0.25, 0.3) is 0 Å². The number of rotatable bonds is 2. The van der Waals surface area contributed by atoms with Gasteiger partial charge >= 0.3 is 0 Å². The summed E-state index contributed by atoms with van der Waals surface area (Å²) in [4.78, 5) is 13.4. The number of hydrogen-bond donors (Lipinski definition) is 1. The number of anilines is 2. The van der Waals surface area contributed by atoms with Gasteiger partial charge in [0.2, 0.25) is 5.91 Å². The first-order chi connectivity index (χ1) is 8.09. The van der Waals surface area contributed by atoms with E-state index >= 15 is 0 Å². The van der Waals surface area contributed by atoms with Crippen LogP contribution < -0.4 is 10.2 Å². The molecule has 0 spiro atoms. The van der Waals surface area contributed by atoms with Gasteiger partial charge in [-0.15, -0.1) is 0 Å². The van der Waals surface area contributed by atoms with E-state index in [0.717, 1.165) is 18.5 Å². The van der Waals surface area contributed by atoms with Crippen LogP contribution >= 0.6 is 0 Å². The Morgan fingerprint density at radius 2 is 1.82 bits per heavy atom. The van der Waals surface area contributed by atoms with Crippen LogP contribution in [0.4, 0.5) is 11.4 Å². The highest BCUT2D eigenvalue weighted by molar-refractivity contribution is 5.90. The minimum atomic E-state index is 0.00961. The Morgan fingerprint density at radius 3 is 2.41 bits per heavy atom. The topological polar surface area (TPSA) is 32.3 Å². The van der Waals surface area contributed by atoms with Crippen LogP contribution in [0.3, 0.4) is 0 Å². The molecule has 0 unspecified atom stereocenters. The van der Waals surface area contributed by atoms with Gasteiger partial charge in [-0.1, -0.05) is 0 Å². The van der Waals surface area contributed by atoms with Crippen molar-refractivity contribution < 1.29 is 4.79 Å². The average Bonchev–Trinajstić information content (AvgIpc) is 2.28. The fourth-order valence-electron chi connectivity index (χ4n) is 2.57. The number of carbonyl (C=O) groups is 1. The second kappa shape index (κ2) is 4.78. The molecular formula is C14H20N2O. The number of amides is 1. The van der Waals surface area contributed by atoms with Gasteiger partial charge in [-0.3, -0.25) is 4.79 Å². The molecule has 92 valence electrons. The van der Waals surface area contributed by atoms with Crippen LogP contribution in [0.15, 0.2) is 12.1 Å². The Balaban J connectivity index is 2.47. The molecule has 0 saturated heterocycles. The molecule has 1 amide bonds. The third-order valence-electron chi connectivity index (χ3n) is 3.30. The highest BCUT2D eigenvalue weighted by Crippen LogP contribution is 2.34. The summed E-state index contributed by atoms with van der Waals surface area (Å²) in [5.41, 5.74) is 5.02. The molecule has 1 N–H and O–H groups in total. The van der Waals surface area contributed by atoms with Crippen molar-refractivity contribution in [1.82, 2.24) is 0 Å². The standard InChI is InChI=1S/C14H20N2O/c1-10(17)15-13-8-9-14(16(2)3)12-7-5-4-6-11(12)13/h8-9H,4-7H2,1-3H3,(H,15,17). The fourth-order valence-corrected chi connectivity index (χ4v) is 2.57. The van der Waals surface area contributed by atoms with E-state index < -0.39 is 0 Å². The van der Waals surface area contributed by atoms with Crippen molar-refractivity contribution in [2.45, 2.75) is 32.6 Å². The van der Waals surface area contributed by atoms with Crippen LogP contribution in [0.1, 0.15) is 30.9 Å². The van der Waals surface area contributed by atoms with Crippen LogP contribution in [-0.4, -0.2) is 20.0 Å². The molecule has 0 bridgehead atoms. The summed E-state index contributed by atoms with van der Waals surface area (Å²) >= 11 is 0. The third kappa shape index (κ3) is 2.43. The summed E-state index contributed by atoms with van der Waals surface area (Å²) in [6.45, 7) is 1.56. The molecule has 0 heterocycles. The van der Waals surface area contributed by atoms with E-state index in [-0.39, 0.29) is 5.91 Å². The zero-order chi connectivity index (χ0) is 12.4. The fraction of sp³-hybridized carbons (Fsp3) is 0.500. The van der Waals surface area contributed by atoms with E-state index in [9.17, 15) is 4.79 Å². The molecule has 0 fully saturated rings. The summed E-state index contributed by atoms with van der Waals surface area (Å²) in [7, 11) is 4.14. The van der Waals surface area contributed by atoms with Crippen molar-refractivity contribution in [2.24, 2.45) is 0 Å². The first kappa shape index (κ1) is 12.0. The molecule has 3 heteroatoms. The molecule has 2 rings (SSSR count). The second-order valence-electron chi connectivity index (χ2n) is 4.87. The molecule has 0 atom stereocenters. The molecule has 0 aromatic heterocycles. The number of hydrogen-bond acceptors (Lipinski definition) is 2. The number of benzene rings is 1. The van der Waals surface area contributed by atoms with Crippen LogP contribution in [0.2, 0.25) is 0 Å². The van der Waals surface area contributed by atoms with Gasteiger partial charge in [0, 0.05) is 32.4 Å². The molecule has 17 heavy (non-hydrogen) atoms. The quantitative estimate of drug-likeness (QED) is 0.850. The highest BCUT2D eigenvalue weighted by atomic mass is 16.1. The molecule has 3 nitrogen and oxygen atoms in total. The molecule has 1 aromatic carbocycles. The van der Waals surface area contributed by atoms with Crippen molar-refractivity contribution in [3.8, 4) is 0 Å². The van der Waals surface area contributed by atoms with Gasteiger partial charge in [0.25, 0.3) is 0 Å². The smallest absolute Gasteiger partial charge is 0.221 e. The maximum Gasteiger partial charge on any atom is 0.221 e. The monoisotopic (exact) mass is 232 g/mol. The molecule has 0 radical (unpaired) electrons. The van der Waals surface area contributed by atoms with Gasteiger partial charge in [0.05, 0.1) is 0 Å². The lowest BCUT2D eigenvalue weighted by atomic mass is 9.88. The number of fused-ring (bicyclic) bond motifs is 1. The molecule has 0 aliphatic heterocycles. The van der Waals surface area contributed by atoms with Crippen molar-refractivity contribution >= 4 is 17.3 Å². The summed E-state index contributed by atoms with van der Waals surface area (Å²) in [5.74, 6) is 0.00961. The van der Waals surface area contributed by atoms with Crippen LogP contribution in [0.5, 0.6) is 0 Å². The Hall–Kier alpha value is -1.51. The first-order valence-corrected chi connectivity index (χ1v) is 6.19. The van der Waals surface area contributed by atoms with E-state index in [2.05, 4.69) is 30.4 Å². The van der Waals surface area contributed by atoms with Crippen molar-refractivity contribution in [3.05, 3.63) is 23.3 Å². The number of nitrogens with one attached hydrogen (secondary N) is 1. The largest absolute Gasteiger partial charge is 0.377 e. The van der Waals surface area contributed by atoms with Gasteiger partial charge < -0.3 is 10.2 Å². The van der Waals surface area contributed by atoms with Gasteiger partial charge in [-0.2, -0.15) is 0 Å². The second-order valence-corrected chi connectivity index (χ2v) is 4.87. The van der Waals surface area contributed by atoms with Gasteiger partial charge in [0.15, 0.2) is 0 Å². The maximum atomic E-state index is 11.2. The van der Waals surface area contributed by atoms with E-state index in [1.807, 2.05) is 6.07 Å². The highest BCUT2D eigenvalue weighted by Gasteiger charge is 2.18. The van der Waals surface area contributed by atoms with Crippen molar-refractivity contribution in [3.63, 3.8) is 0 Å². The normalized spacial score (nSPS) is 14.1. The maximum absolute atomic E-state index is 11.2. The van der Waals surface area contributed by atoms with Crippen molar-refractivity contribution in [1.29, 1.82) is 0 Å². The summed E-state index contributed by atoms with van der Waals surface area (Å²) in [5, 5.41) is 2.94. The lowest BCUT2D eigenvalue weighted by Crippen LogP contribution is -2.17. The minimum absolute atomic E-state index is 0.00961. The first-order valence-electron chi connectivity index (χ1n) is 6.19. The molecule has 1 aromatic rings. The summed E-state index contributed by atoms with van der Waals surface area (Å²) in [6.07, 6.45) is 4.66. The van der Waals surface area contributed by atoms with Gasteiger partial charge in [0.1, 0.15) is 0 Å². The van der Waals surface area contributed by atoms with Crippen LogP contribution in [-0.2, 0) is 17.6 Å². The predicted molar refractivity (Wildman–Crippen MR) is 71.7 cm³/mol. The van der Waals surface area contributed by atoms with Gasteiger partial charge in [-0.25, -0.2) is 0 Å². The molecule has 1 aliphatic rings. The molecule has 1 aliphatic carbocycles. The average molecular weight is 232 g/mol. The van der Waals surface area contributed by atoms with E-state index in [0.29, 0.717) is 0 Å². The number of carbonyl (C=O) groups excluding carboxylic acids is 1. The summed E-state index contributed by atoms with van der Waals surface area (Å²) < 4.78 is 0. The van der Waals surface area contributed by atoms with Crippen molar-refractivity contribution in [2.75, 3.05) is 24.3 Å². The Labute approximate surface area is 103 Å².